The molecule has 1 rings (SSSR count). The number of hydrogen-bond acceptors (Lipinski definition) is 3. The first kappa shape index (κ1) is 9.51. The van der Waals surface area contributed by atoms with Crippen molar-refractivity contribution in [3.05, 3.63) is 23.4 Å². The average Bonchev–Trinajstić information content (AvgIpc) is 2.04. The first-order valence-electron chi connectivity index (χ1n) is 4.21. The van der Waals surface area contributed by atoms with Crippen molar-refractivity contribution < 1.29 is 0 Å². The summed E-state index contributed by atoms with van der Waals surface area (Å²) in [4.78, 5) is 4.25. The van der Waals surface area contributed by atoms with Crippen molar-refractivity contribution >= 4 is 11.7 Å². The van der Waals surface area contributed by atoms with Crippen molar-refractivity contribution in [3.8, 4) is 0 Å². The largest absolute Gasteiger partial charge is 0.384 e. The molecule has 0 aliphatic rings. The monoisotopic (exact) mass is 178 g/mol. The van der Waals surface area contributed by atoms with Crippen LogP contribution in [-0.2, 0) is 0 Å². The molecule has 0 aliphatic carbocycles. The summed E-state index contributed by atoms with van der Waals surface area (Å²) in [6, 6.07) is 3.65. The van der Waals surface area contributed by atoms with Crippen LogP contribution in [0.5, 0.6) is 0 Å². The highest BCUT2D eigenvalue weighted by molar-refractivity contribution is 5.99. The number of nitrogens with zero attached hydrogens (tertiary/aromatic N) is 1. The molecule has 0 aromatic carbocycles. The number of hydrogen-bond donors (Lipinski definition) is 3. The first-order chi connectivity index (χ1) is 6.15. The van der Waals surface area contributed by atoms with Gasteiger partial charge in [0.2, 0.25) is 0 Å². The van der Waals surface area contributed by atoms with Gasteiger partial charge in [-0.25, -0.2) is 4.98 Å². The summed E-state index contributed by atoms with van der Waals surface area (Å²) in [6.45, 7) is 4.66. The van der Waals surface area contributed by atoms with Crippen LogP contribution in [0.3, 0.4) is 0 Å². The number of rotatable bonds is 3. The maximum Gasteiger partial charge on any atom is 0.137 e. The first-order valence-corrected chi connectivity index (χ1v) is 4.21. The van der Waals surface area contributed by atoms with Gasteiger partial charge < -0.3 is 11.1 Å². The fraction of sp³-hybridized carbons (Fsp3) is 0.333. The third-order valence-electron chi connectivity index (χ3n) is 1.67. The summed E-state index contributed by atoms with van der Waals surface area (Å²) in [7, 11) is 0. The lowest BCUT2D eigenvalue weighted by Gasteiger charge is -2.08. The molecule has 0 amide bonds. The lowest BCUT2D eigenvalue weighted by molar-refractivity contribution is 1.12. The zero-order chi connectivity index (χ0) is 9.84. The molecular formula is C9H14N4. The van der Waals surface area contributed by atoms with E-state index >= 15 is 0 Å². The quantitative estimate of drug-likeness (QED) is 0.479. The molecule has 1 heterocycles. The normalized spacial score (nSPS) is 9.69. The molecule has 0 spiro atoms. The van der Waals surface area contributed by atoms with E-state index in [-0.39, 0.29) is 5.84 Å². The number of nitrogens with two attached hydrogens (primary N) is 1. The minimum absolute atomic E-state index is 0.0449. The molecule has 1 aromatic rings. The Morgan fingerprint density at radius 1 is 1.62 bits per heavy atom. The molecule has 1 aromatic heterocycles. The standard InChI is InChI=1S/C9H14N4/c1-3-12-9-7(8(10)11)5-4-6(2)13-9/h4-5H,3H2,1-2H3,(H3,10,11)(H,12,13). The number of aromatic nitrogens is 1. The predicted octanol–water partition coefficient (Wildman–Crippen LogP) is 1.11. The highest BCUT2D eigenvalue weighted by Crippen LogP contribution is 2.11. The lowest BCUT2D eigenvalue weighted by Crippen LogP contribution is -2.15. The Kier molecular flexibility index (Phi) is 2.84. The molecule has 4 N–H and O–H groups in total. The molecule has 0 saturated heterocycles. The lowest BCUT2D eigenvalue weighted by atomic mass is 10.2. The summed E-state index contributed by atoms with van der Waals surface area (Å²) < 4.78 is 0. The topological polar surface area (TPSA) is 74.8 Å². The highest BCUT2D eigenvalue weighted by atomic mass is 15.0. The molecule has 0 saturated carbocycles. The number of aryl methyl sites for hydroxylation is 1. The molecule has 4 heteroatoms. The van der Waals surface area contributed by atoms with Crippen LogP contribution in [0.15, 0.2) is 12.1 Å². The molecule has 0 fully saturated rings. The number of nitrogen functional groups attached to an aromatic ring is 1. The Morgan fingerprint density at radius 2 is 2.31 bits per heavy atom. The minimum Gasteiger partial charge on any atom is -0.384 e. The van der Waals surface area contributed by atoms with Gasteiger partial charge in [0.15, 0.2) is 0 Å². The van der Waals surface area contributed by atoms with Crippen molar-refractivity contribution in [1.82, 2.24) is 4.98 Å². The van der Waals surface area contributed by atoms with Gasteiger partial charge in [-0.3, -0.25) is 5.41 Å². The highest BCUT2D eigenvalue weighted by Gasteiger charge is 2.05. The van der Waals surface area contributed by atoms with Gasteiger partial charge in [-0.15, -0.1) is 0 Å². The van der Waals surface area contributed by atoms with Gasteiger partial charge in [0.25, 0.3) is 0 Å². The van der Waals surface area contributed by atoms with Crippen molar-refractivity contribution in [1.29, 1.82) is 5.41 Å². The SMILES string of the molecule is CCNc1nc(C)ccc1C(=N)N. The van der Waals surface area contributed by atoms with Crippen LogP contribution in [0, 0.1) is 12.3 Å². The number of anilines is 1. The third kappa shape index (κ3) is 2.18. The van der Waals surface area contributed by atoms with E-state index in [1.165, 1.54) is 0 Å². The molecule has 0 atom stereocenters. The van der Waals surface area contributed by atoms with E-state index in [1.807, 2.05) is 26.0 Å². The van der Waals surface area contributed by atoms with Crippen LogP contribution in [0.4, 0.5) is 5.82 Å². The number of pyridine rings is 1. The summed E-state index contributed by atoms with van der Waals surface area (Å²) in [5, 5.41) is 10.4. The van der Waals surface area contributed by atoms with Gasteiger partial charge in [-0.05, 0) is 26.0 Å². The fourth-order valence-corrected chi connectivity index (χ4v) is 1.08. The van der Waals surface area contributed by atoms with Gasteiger partial charge in [-0.1, -0.05) is 0 Å². The molecule has 4 nitrogen and oxygen atoms in total. The fourth-order valence-electron chi connectivity index (χ4n) is 1.08. The second kappa shape index (κ2) is 3.89. The van der Waals surface area contributed by atoms with E-state index in [0.717, 1.165) is 12.2 Å². The zero-order valence-corrected chi connectivity index (χ0v) is 7.89. The maximum absolute atomic E-state index is 7.32. The molecular weight excluding hydrogens is 164 g/mol. The van der Waals surface area contributed by atoms with Crippen molar-refractivity contribution in [2.75, 3.05) is 11.9 Å². The van der Waals surface area contributed by atoms with Gasteiger partial charge in [0.1, 0.15) is 11.7 Å². The van der Waals surface area contributed by atoms with Crippen LogP contribution in [0.1, 0.15) is 18.2 Å². The van der Waals surface area contributed by atoms with E-state index < -0.39 is 0 Å². The molecule has 70 valence electrons. The number of nitrogens with one attached hydrogen (secondary N) is 2. The summed E-state index contributed by atoms with van der Waals surface area (Å²) >= 11 is 0. The molecule has 0 bridgehead atoms. The van der Waals surface area contributed by atoms with Crippen molar-refractivity contribution in [3.63, 3.8) is 0 Å². The third-order valence-corrected chi connectivity index (χ3v) is 1.67. The Hall–Kier alpha value is -1.58. The Balaban J connectivity index is 3.10. The van der Waals surface area contributed by atoms with E-state index in [4.69, 9.17) is 11.1 Å². The van der Waals surface area contributed by atoms with Crippen molar-refractivity contribution in [2.45, 2.75) is 13.8 Å². The van der Waals surface area contributed by atoms with E-state index in [0.29, 0.717) is 11.4 Å². The Bertz CT molecular complexity index is 319. The maximum atomic E-state index is 7.32. The van der Waals surface area contributed by atoms with Gasteiger partial charge in [0.05, 0.1) is 5.56 Å². The van der Waals surface area contributed by atoms with Gasteiger partial charge in [0, 0.05) is 12.2 Å². The minimum atomic E-state index is 0.0449. The van der Waals surface area contributed by atoms with Gasteiger partial charge >= 0.3 is 0 Å². The van der Waals surface area contributed by atoms with Crippen molar-refractivity contribution in [2.24, 2.45) is 5.73 Å². The second-order valence-corrected chi connectivity index (χ2v) is 2.79. The Morgan fingerprint density at radius 3 is 2.85 bits per heavy atom. The van der Waals surface area contributed by atoms with Crippen LogP contribution < -0.4 is 11.1 Å². The molecule has 13 heavy (non-hydrogen) atoms. The van der Waals surface area contributed by atoms with E-state index in [1.54, 1.807) is 0 Å². The molecule has 0 radical (unpaired) electrons. The van der Waals surface area contributed by atoms with Crippen LogP contribution >= 0.6 is 0 Å². The predicted molar refractivity (Wildman–Crippen MR) is 54.2 cm³/mol. The van der Waals surface area contributed by atoms with Gasteiger partial charge in [-0.2, -0.15) is 0 Å². The second-order valence-electron chi connectivity index (χ2n) is 2.79. The van der Waals surface area contributed by atoms with E-state index in [2.05, 4.69) is 10.3 Å². The number of amidine groups is 1. The summed E-state index contributed by atoms with van der Waals surface area (Å²) in [5.74, 6) is 0.735. The van der Waals surface area contributed by atoms with Crippen LogP contribution in [0.25, 0.3) is 0 Å². The van der Waals surface area contributed by atoms with Crippen LogP contribution in [0.2, 0.25) is 0 Å². The molecule has 0 unspecified atom stereocenters. The van der Waals surface area contributed by atoms with Crippen LogP contribution in [-0.4, -0.2) is 17.4 Å². The van der Waals surface area contributed by atoms with E-state index in [9.17, 15) is 0 Å². The molecule has 0 aliphatic heterocycles. The average molecular weight is 178 g/mol. The Labute approximate surface area is 77.7 Å². The smallest absolute Gasteiger partial charge is 0.137 e. The summed E-state index contributed by atoms with van der Waals surface area (Å²) in [5.41, 5.74) is 6.98. The summed E-state index contributed by atoms with van der Waals surface area (Å²) in [6.07, 6.45) is 0. The zero-order valence-electron chi connectivity index (χ0n) is 7.89.